The molecule has 1 aliphatic rings. The van der Waals surface area contributed by atoms with Crippen LogP contribution < -0.4 is 9.47 Å². The molecule has 0 aliphatic carbocycles. The van der Waals surface area contributed by atoms with Crippen molar-refractivity contribution < 1.29 is 9.47 Å². The Morgan fingerprint density at radius 2 is 1.87 bits per heavy atom. The number of hydrogen-bond donors (Lipinski definition) is 1. The molecule has 3 heteroatoms. The fraction of sp³-hybridized carbons (Fsp3) is 0.250. The van der Waals surface area contributed by atoms with Crippen LogP contribution >= 0.6 is 0 Å². The molecule has 117 valence electrons. The number of para-hydroxylation sites is 3. The first-order chi connectivity index (χ1) is 11.4. The normalized spacial score (nSPS) is 16.6. The first-order valence-electron chi connectivity index (χ1n) is 8.15. The minimum Gasteiger partial charge on any atom is -0.486 e. The van der Waals surface area contributed by atoms with Gasteiger partial charge in [-0.15, -0.1) is 0 Å². The predicted octanol–water partition coefficient (Wildman–Crippen LogP) is 4.53. The van der Waals surface area contributed by atoms with Crippen LogP contribution in [0.5, 0.6) is 11.5 Å². The molecule has 1 unspecified atom stereocenters. The Balaban J connectivity index is 1.28. The summed E-state index contributed by atoms with van der Waals surface area (Å²) in [5.41, 5.74) is 2.59. The topological polar surface area (TPSA) is 34.2 Å². The molecular weight excluding hydrogens is 286 g/mol. The van der Waals surface area contributed by atoms with Gasteiger partial charge in [-0.3, -0.25) is 0 Å². The minimum absolute atomic E-state index is 0.118. The maximum Gasteiger partial charge on any atom is 0.161 e. The molecule has 1 aromatic heterocycles. The van der Waals surface area contributed by atoms with E-state index in [0.717, 1.165) is 30.8 Å². The summed E-state index contributed by atoms with van der Waals surface area (Å²) in [4.78, 5) is 3.33. The van der Waals surface area contributed by atoms with Crippen LogP contribution in [-0.4, -0.2) is 17.7 Å². The highest BCUT2D eigenvalue weighted by atomic mass is 16.6. The average molecular weight is 306 g/mol. The number of nitrogens with one attached hydrogen (secondary N) is 1. The fourth-order valence-corrected chi connectivity index (χ4v) is 3.08. The lowest BCUT2D eigenvalue weighted by atomic mass is 10.0. The third-order valence-corrected chi connectivity index (χ3v) is 4.29. The molecule has 0 saturated heterocycles. The first-order valence-corrected chi connectivity index (χ1v) is 8.15. The van der Waals surface area contributed by atoms with Gasteiger partial charge >= 0.3 is 0 Å². The third-order valence-electron chi connectivity index (χ3n) is 4.29. The van der Waals surface area contributed by atoms with E-state index < -0.39 is 0 Å². The number of H-pyrrole nitrogens is 1. The molecule has 2 aromatic carbocycles. The lowest BCUT2D eigenvalue weighted by Gasteiger charge is -2.26. The zero-order valence-electron chi connectivity index (χ0n) is 13.0. The van der Waals surface area contributed by atoms with Crippen LogP contribution in [0.2, 0.25) is 0 Å². The summed E-state index contributed by atoms with van der Waals surface area (Å²) < 4.78 is 11.7. The Morgan fingerprint density at radius 1 is 1.04 bits per heavy atom. The van der Waals surface area contributed by atoms with Gasteiger partial charge in [0.25, 0.3) is 0 Å². The number of aryl methyl sites for hydroxylation is 1. The van der Waals surface area contributed by atoms with Crippen LogP contribution in [0.3, 0.4) is 0 Å². The number of rotatable bonds is 5. The van der Waals surface area contributed by atoms with Crippen LogP contribution in [-0.2, 0) is 6.42 Å². The smallest absolute Gasteiger partial charge is 0.161 e. The van der Waals surface area contributed by atoms with E-state index in [1.165, 1.54) is 16.5 Å². The molecule has 1 N–H and O–H groups in total. The molecule has 0 bridgehead atoms. The van der Waals surface area contributed by atoms with Crippen molar-refractivity contribution in [1.82, 2.24) is 4.98 Å². The molecule has 1 atom stereocenters. The Morgan fingerprint density at radius 3 is 2.83 bits per heavy atom. The SMILES string of the molecule is [CH](CCc1c[nH]c2ccccc12)CC1COc2ccccc2O1. The number of fused-ring (bicyclic) bond motifs is 2. The van der Waals surface area contributed by atoms with E-state index in [4.69, 9.17) is 9.47 Å². The summed E-state index contributed by atoms with van der Waals surface area (Å²) in [6.07, 6.45) is 7.56. The van der Waals surface area contributed by atoms with Crippen molar-refractivity contribution in [3.05, 3.63) is 66.7 Å². The van der Waals surface area contributed by atoms with Crippen molar-refractivity contribution in [3.63, 3.8) is 0 Å². The second kappa shape index (κ2) is 6.37. The maximum absolute atomic E-state index is 5.98. The summed E-state index contributed by atoms with van der Waals surface area (Å²) >= 11 is 0. The molecule has 0 fully saturated rings. The maximum atomic E-state index is 5.98. The van der Waals surface area contributed by atoms with Crippen LogP contribution in [0.4, 0.5) is 0 Å². The van der Waals surface area contributed by atoms with Gasteiger partial charge < -0.3 is 14.5 Å². The van der Waals surface area contributed by atoms with Gasteiger partial charge in [-0.25, -0.2) is 0 Å². The quantitative estimate of drug-likeness (QED) is 0.702. The number of benzene rings is 2. The van der Waals surface area contributed by atoms with Gasteiger partial charge in [0.15, 0.2) is 11.5 Å². The van der Waals surface area contributed by atoms with Gasteiger partial charge in [0.05, 0.1) is 0 Å². The molecule has 0 spiro atoms. The zero-order valence-corrected chi connectivity index (χ0v) is 13.0. The second-order valence-electron chi connectivity index (χ2n) is 5.92. The highest BCUT2D eigenvalue weighted by Gasteiger charge is 2.19. The van der Waals surface area contributed by atoms with Crippen LogP contribution in [0, 0.1) is 6.42 Å². The monoisotopic (exact) mass is 306 g/mol. The van der Waals surface area contributed by atoms with Gasteiger partial charge in [0.2, 0.25) is 0 Å². The molecule has 0 amide bonds. The fourth-order valence-electron chi connectivity index (χ4n) is 3.08. The van der Waals surface area contributed by atoms with E-state index in [9.17, 15) is 0 Å². The summed E-state index contributed by atoms with van der Waals surface area (Å²) in [5, 5.41) is 1.33. The molecule has 1 radical (unpaired) electrons. The van der Waals surface area contributed by atoms with Gasteiger partial charge in [-0.05, 0) is 49.4 Å². The summed E-state index contributed by atoms with van der Waals surface area (Å²) in [6.45, 7) is 0.626. The lowest BCUT2D eigenvalue weighted by Crippen LogP contribution is -2.29. The summed E-state index contributed by atoms with van der Waals surface area (Å²) in [5.74, 6) is 1.70. The molecule has 4 rings (SSSR count). The molecule has 1 aliphatic heterocycles. The standard InChI is InChI=1S/C20H20NO2/c1(7-15-13-21-18-10-4-3-9-17(15)18)2-8-16-14-22-19-11-5-6-12-20(19)23-16/h2-6,9-13,16,21H,1,7-8,14H2. The van der Waals surface area contributed by atoms with Gasteiger partial charge in [0, 0.05) is 17.1 Å². The van der Waals surface area contributed by atoms with E-state index in [2.05, 4.69) is 41.9 Å². The number of ether oxygens (including phenoxy) is 2. The van der Waals surface area contributed by atoms with Crippen LogP contribution in [0.1, 0.15) is 18.4 Å². The summed E-state index contributed by atoms with van der Waals surface area (Å²) in [6, 6.07) is 16.3. The molecule has 3 nitrogen and oxygen atoms in total. The van der Waals surface area contributed by atoms with E-state index in [0.29, 0.717) is 6.61 Å². The van der Waals surface area contributed by atoms with Crippen molar-refractivity contribution >= 4 is 10.9 Å². The van der Waals surface area contributed by atoms with Crippen molar-refractivity contribution in [2.45, 2.75) is 25.4 Å². The number of aromatic nitrogens is 1. The summed E-state index contributed by atoms with van der Waals surface area (Å²) in [7, 11) is 0. The Labute approximate surface area is 136 Å². The van der Waals surface area contributed by atoms with E-state index in [-0.39, 0.29) is 6.10 Å². The number of aromatic amines is 1. The first kappa shape index (κ1) is 14.2. The number of hydrogen-bond acceptors (Lipinski definition) is 2. The molecule has 23 heavy (non-hydrogen) atoms. The van der Waals surface area contributed by atoms with Gasteiger partial charge in [0.1, 0.15) is 12.7 Å². The number of unbranched alkanes of at least 4 members (excludes halogenated alkanes) is 1. The van der Waals surface area contributed by atoms with Gasteiger partial charge in [-0.2, -0.15) is 0 Å². The largest absolute Gasteiger partial charge is 0.486 e. The van der Waals surface area contributed by atoms with Gasteiger partial charge in [-0.1, -0.05) is 30.3 Å². The van der Waals surface area contributed by atoms with Crippen molar-refractivity contribution in [3.8, 4) is 11.5 Å². The third kappa shape index (κ3) is 3.04. The van der Waals surface area contributed by atoms with Crippen molar-refractivity contribution in [1.29, 1.82) is 0 Å². The molecule has 0 saturated carbocycles. The Hall–Kier alpha value is -2.42. The minimum atomic E-state index is 0.118. The lowest BCUT2D eigenvalue weighted by molar-refractivity contribution is 0.0900. The molecule has 2 heterocycles. The van der Waals surface area contributed by atoms with Crippen LogP contribution in [0.15, 0.2) is 54.7 Å². The highest BCUT2D eigenvalue weighted by molar-refractivity contribution is 5.83. The molecule has 3 aromatic rings. The molecular formula is C20H20NO2. The average Bonchev–Trinajstić information content (AvgIpc) is 3.02. The Bertz CT molecular complexity index is 793. The zero-order chi connectivity index (χ0) is 15.5. The highest BCUT2D eigenvalue weighted by Crippen LogP contribution is 2.32. The van der Waals surface area contributed by atoms with E-state index in [1.54, 1.807) is 0 Å². The Kier molecular flexibility index (Phi) is 3.93. The van der Waals surface area contributed by atoms with E-state index in [1.807, 2.05) is 24.3 Å². The predicted molar refractivity (Wildman–Crippen MR) is 91.9 cm³/mol. The van der Waals surface area contributed by atoms with Crippen molar-refractivity contribution in [2.24, 2.45) is 0 Å². The second-order valence-corrected chi connectivity index (χ2v) is 5.92. The van der Waals surface area contributed by atoms with Crippen molar-refractivity contribution in [2.75, 3.05) is 6.61 Å². The van der Waals surface area contributed by atoms with E-state index >= 15 is 0 Å². The van der Waals surface area contributed by atoms with Crippen LogP contribution in [0.25, 0.3) is 10.9 Å².